The Kier molecular flexibility index (Phi) is 4.08. The lowest BCUT2D eigenvalue weighted by Crippen LogP contribution is -2.39. The van der Waals surface area contributed by atoms with Gasteiger partial charge in [0.1, 0.15) is 17.4 Å². The summed E-state index contributed by atoms with van der Waals surface area (Å²) in [4.78, 5) is 12.9. The van der Waals surface area contributed by atoms with Crippen LogP contribution in [0.15, 0.2) is 18.2 Å². The van der Waals surface area contributed by atoms with Crippen LogP contribution in [0, 0.1) is 41.4 Å². The van der Waals surface area contributed by atoms with E-state index in [4.69, 9.17) is 11.2 Å². The smallest absolute Gasteiger partial charge is 0.265 e. The van der Waals surface area contributed by atoms with Crippen molar-refractivity contribution >= 4 is 11.6 Å². The third-order valence-corrected chi connectivity index (χ3v) is 3.62. The van der Waals surface area contributed by atoms with Crippen molar-refractivity contribution in [3.05, 3.63) is 47.3 Å². The minimum Gasteiger partial charge on any atom is -0.481 e. The Bertz CT molecular complexity index is 936. The molecule has 3 nitrogen and oxygen atoms in total. The van der Waals surface area contributed by atoms with Crippen molar-refractivity contribution in [2.24, 2.45) is 0 Å². The van der Waals surface area contributed by atoms with Gasteiger partial charge in [0.2, 0.25) is 0 Å². The number of amides is 1. The number of benzene rings is 2. The quantitative estimate of drug-likeness (QED) is 0.358. The van der Waals surface area contributed by atoms with Gasteiger partial charge in [0, 0.05) is 17.7 Å². The zero-order chi connectivity index (χ0) is 18.3. The van der Waals surface area contributed by atoms with Gasteiger partial charge < -0.3 is 4.74 Å². The number of fused-ring (bicyclic) bond motifs is 1. The third kappa shape index (κ3) is 2.67. The molecule has 1 aliphatic heterocycles. The molecule has 0 bridgehead atoms. The Morgan fingerprint density at radius 2 is 1.76 bits per heavy atom. The zero-order valence-electron chi connectivity index (χ0n) is 12.4. The van der Waals surface area contributed by atoms with Gasteiger partial charge >= 0.3 is 0 Å². The molecule has 0 atom stereocenters. The standard InChI is InChI=1S/C17H8F5NO2/c1-2-3-23-12-4-8(9(18)6-13(12)25-7-14(23)24)15-10(19)5-11(20)16(21)17(15)22/h1,4-6H,3,7H2. The van der Waals surface area contributed by atoms with Crippen LogP contribution in [0.1, 0.15) is 0 Å². The molecule has 1 heterocycles. The molecule has 0 saturated heterocycles. The molecule has 25 heavy (non-hydrogen) atoms. The lowest BCUT2D eigenvalue weighted by molar-refractivity contribution is -0.121. The molecule has 0 unspecified atom stereocenters. The maximum absolute atomic E-state index is 14.3. The normalized spacial score (nSPS) is 13.3. The lowest BCUT2D eigenvalue weighted by atomic mass is 10.0. The van der Waals surface area contributed by atoms with Crippen LogP contribution in [0.5, 0.6) is 5.75 Å². The summed E-state index contributed by atoms with van der Waals surface area (Å²) in [6.45, 7) is -0.579. The summed E-state index contributed by atoms with van der Waals surface area (Å²) >= 11 is 0. The molecule has 0 spiro atoms. The summed E-state index contributed by atoms with van der Waals surface area (Å²) in [5.74, 6) is -6.61. The second kappa shape index (κ2) is 6.09. The van der Waals surface area contributed by atoms with E-state index in [1.165, 1.54) is 0 Å². The number of anilines is 1. The summed E-state index contributed by atoms with van der Waals surface area (Å²) in [5, 5.41) is 0. The second-order valence-electron chi connectivity index (χ2n) is 5.12. The van der Waals surface area contributed by atoms with Crippen LogP contribution in [-0.4, -0.2) is 19.1 Å². The van der Waals surface area contributed by atoms with Gasteiger partial charge in [-0.2, -0.15) is 0 Å². The van der Waals surface area contributed by atoms with Gasteiger partial charge in [-0.3, -0.25) is 9.69 Å². The topological polar surface area (TPSA) is 29.5 Å². The van der Waals surface area contributed by atoms with Gasteiger partial charge in [-0.1, -0.05) is 5.92 Å². The van der Waals surface area contributed by atoms with Gasteiger partial charge in [0.05, 0.1) is 17.8 Å². The van der Waals surface area contributed by atoms with E-state index >= 15 is 0 Å². The molecule has 0 aromatic heterocycles. The van der Waals surface area contributed by atoms with Crippen LogP contribution in [-0.2, 0) is 4.79 Å². The largest absolute Gasteiger partial charge is 0.481 e. The summed E-state index contributed by atoms with van der Waals surface area (Å²) in [5.41, 5.74) is -1.83. The van der Waals surface area contributed by atoms with Crippen molar-refractivity contribution in [3.8, 4) is 29.2 Å². The van der Waals surface area contributed by atoms with E-state index in [2.05, 4.69) is 5.92 Å². The Morgan fingerprint density at radius 3 is 2.44 bits per heavy atom. The fraction of sp³-hybridized carbons (Fsp3) is 0.118. The molecule has 0 N–H and O–H groups in total. The Morgan fingerprint density at radius 1 is 1.04 bits per heavy atom. The molecule has 0 saturated carbocycles. The monoisotopic (exact) mass is 353 g/mol. The summed E-state index contributed by atoms with van der Waals surface area (Å²) < 4.78 is 73.8. The Hall–Kier alpha value is -3.08. The number of nitrogens with zero attached hydrogens (tertiary/aromatic N) is 1. The van der Waals surface area contributed by atoms with E-state index in [1.54, 1.807) is 0 Å². The highest BCUT2D eigenvalue weighted by Gasteiger charge is 2.29. The van der Waals surface area contributed by atoms with Crippen LogP contribution in [0.2, 0.25) is 0 Å². The predicted molar refractivity (Wildman–Crippen MR) is 78.3 cm³/mol. The number of carbonyl (C=O) groups excluding carboxylic acids is 1. The molecule has 2 aromatic carbocycles. The molecule has 3 rings (SSSR count). The molecule has 0 aliphatic carbocycles. The molecule has 0 fully saturated rings. The molecule has 8 heteroatoms. The number of carbonyl (C=O) groups is 1. The van der Waals surface area contributed by atoms with Crippen molar-refractivity contribution < 1.29 is 31.5 Å². The summed E-state index contributed by atoms with van der Waals surface area (Å²) in [6, 6.07) is 1.80. The fourth-order valence-electron chi connectivity index (χ4n) is 2.49. The van der Waals surface area contributed by atoms with E-state index < -0.39 is 46.1 Å². The fourth-order valence-corrected chi connectivity index (χ4v) is 2.49. The number of ether oxygens (including phenoxy) is 1. The van der Waals surface area contributed by atoms with Gasteiger partial charge in [-0.25, -0.2) is 22.0 Å². The Labute approximate surface area is 138 Å². The van der Waals surface area contributed by atoms with Crippen LogP contribution in [0.25, 0.3) is 11.1 Å². The number of hydrogen-bond donors (Lipinski definition) is 0. The molecular formula is C17H8F5NO2. The van der Waals surface area contributed by atoms with E-state index in [-0.39, 0.29) is 30.7 Å². The number of halogens is 5. The number of hydrogen-bond acceptors (Lipinski definition) is 2. The molecule has 0 radical (unpaired) electrons. The van der Waals surface area contributed by atoms with Gasteiger partial charge in [0.25, 0.3) is 5.91 Å². The van der Waals surface area contributed by atoms with Crippen molar-refractivity contribution in [3.63, 3.8) is 0 Å². The van der Waals surface area contributed by atoms with Crippen molar-refractivity contribution in [2.75, 3.05) is 18.1 Å². The molecular weight excluding hydrogens is 345 g/mol. The van der Waals surface area contributed by atoms with Crippen LogP contribution < -0.4 is 9.64 Å². The molecule has 1 aliphatic rings. The first-order chi connectivity index (χ1) is 11.8. The highest BCUT2D eigenvalue weighted by molar-refractivity contribution is 5.99. The van der Waals surface area contributed by atoms with Gasteiger partial charge in [-0.05, 0) is 6.07 Å². The van der Waals surface area contributed by atoms with E-state index in [1.807, 2.05) is 0 Å². The minimum atomic E-state index is -1.94. The van der Waals surface area contributed by atoms with Crippen molar-refractivity contribution in [2.45, 2.75) is 0 Å². The summed E-state index contributed by atoms with van der Waals surface area (Å²) in [7, 11) is 0. The van der Waals surface area contributed by atoms with Gasteiger partial charge in [-0.15, -0.1) is 6.42 Å². The third-order valence-electron chi connectivity index (χ3n) is 3.62. The van der Waals surface area contributed by atoms with E-state index in [0.717, 1.165) is 17.0 Å². The lowest BCUT2D eigenvalue weighted by Gasteiger charge is -2.28. The Balaban J connectivity index is 2.25. The average molecular weight is 353 g/mol. The maximum atomic E-state index is 14.3. The van der Waals surface area contributed by atoms with Crippen molar-refractivity contribution in [1.29, 1.82) is 0 Å². The molecule has 128 valence electrons. The van der Waals surface area contributed by atoms with Crippen LogP contribution in [0.4, 0.5) is 27.6 Å². The second-order valence-corrected chi connectivity index (χ2v) is 5.12. The van der Waals surface area contributed by atoms with E-state index in [9.17, 15) is 26.7 Å². The molecule has 1 amide bonds. The predicted octanol–water partition coefficient (Wildman–Crippen LogP) is 3.41. The van der Waals surface area contributed by atoms with Crippen LogP contribution >= 0.6 is 0 Å². The average Bonchev–Trinajstić information content (AvgIpc) is 2.56. The first-order valence-electron chi connectivity index (χ1n) is 6.88. The minimum absolute atomic E-state index is 0.0332. The van der Waals surface area contributed by atoms with Gasteiger partial charge in [0.15, 0.2) is 24.1 Å². The highest BCUT2D eigenvalue weighted by atomic mass is 19.2. The van der Waals surface area contributed by atoms with Crippen molar-refractivity contribution in [1.82, 2.24) is 0 Å². The zero-order valence-corrected chi connectivity index (χ0v) is 12.4. The number of rotatable bonds is 2. The first-order valence-corrected chi connectivity index (χ1v) is 6.88. The SMILES string of the molecule is C#CCN1C(=O)COc2cc(F)c(-c3c(F)cc(F)c(F)c3F)cc21. The van der Waals surface area contributed by atoms with E-state index in [0.29, 0.717) is 0 Å². The van der Waals surface area contributed by atoms with Crippen LogP contribution in [0.3, 0.4) is 0 Å². The number of terminal acetylenes is 1. The first kappa shape index (κ1) is 16.8. The summed E-state index contributed by atoms with van der Waals surface area (Å²) in [6.07, 6.45) is 5.17. The maximum Gasteiger partial charge on any atom is 0.265 e. The highest BCUT2D eigenvalue weighted by Crippen LogP contribution is 2.40. The molecule has 2 aromatic rings.